The summed E-state index contributed by atoms with van der Waals surface area (Å²) >= 11 is 0. The third-order valence-electron chi connectivity index (χ3n) is 10.7. The highest BCUT2D eigenvalue weighted by Gasteiger charge is 2.68. The Bertz CT molecular complexity index is 1230. The minimum Gasteiger partial charge on any atom is -0.373 e. The van der Waals surface area contributed by atoms with Crippen LogP contribution in [0.3, 0.4) is 0 Å². The van der Waals surface area contributed by atoms with Crippen molar-refractivity contribution < 1.29 is 37.1 Å². The lowest BCUT2D eigenvalue weighted by molar-refractivity contribution is -0.139. The van der Waals surface area contributed by atoms with Gasteiger partial charge in [-0.25, -0.2) is 8.78 Å². The summed E-state index contributed by atoms with van der Waals surface area (Å²) in [5.41, 5.74) is -0.0147. The van der Waals surface area contributed by atoms with Gasteiger partial charge in [-0.15, -0.1) is 6.58 Å². The number of Topliss-reactive ketones (excluding diaryl/α,β-unsaturated/α-hetero) is 2. The summed E-state index contributed by atoms with van der Waals surface area (Å²) in [6.07, 6.45) is 3.73. The number of likely N-dealkylation sites (N-methyl/N-ethyl adjacent to an activating group) is 1. The number of hydrogen-bond donors (Lipinski definition) is 6. The lowest BCUT2D eigenvalue weighted by atomic mass is 9.86. The van der Waals surface area contributed by atoms with E-state index in [1.54, 1.807) is 14.0 Å². The molecule has 7 atom stereocenters. The summed E-state index contributed by atoms with van der Waals surface area (Å²) in [6, 6.07) is -0.315. The predicted molar refractivity (Wildman–Crippen MR) is 247 cm³/mol. The van der Waals surface area contributed by atoms with Crippen molar-refractivity contribution in [3.05, 3.63) is 25.1 Å². The van der Waals surface area contributed by atoms with Crippen LogP contribution >= 0.6 is 0 Å². The minimum absolute atomic E-state index is 0.00199. The Balaban J connectivity index is -0.000000577. The molecule has 1 saturated carbocycles. The summed E-state index contributed by atoms with van der Waals surface area (Å²) in [6.45, 7) is 36.3. The molecular formula is C46H90F3N7O5. The smallest absolute Gasteiger partial charge is 0.238 e. The van der Waals surface area contributed by atoms with Gasteiger partial charge in [-0.05, 0) is 76.3 Å². The van der Waals surface area contributed by atoms with Gasteiger partial charge in [0.05, 0.1) is 31.6 Å². The van der Waals surface area contributed by atoms with E-state index in [9.17, 15) is 32.3 Å². The van der Waals surface area contributed by atoms with Crippen molar-refractivity contribution in [2.24, 2.45) is 28.6 Å². The first kappa shape index (κ1) is 64.3. The van der Waals surface area contributed by atoms with Crippen molar-refractivity contribution >= 4 is 29.7 Å². The first-order chi connectivity index (χ1) is 28.5. The number of ketones is 2. The van der Waals surface area contributed by atoms with E-state index in [4.69, 9.17) is 4.79 Å². The Kier molecular flexibility index (Phi) is 38.2. The first-order valence-corrected chi connectivity index (χ1v) is 22.1. The number of likely N-dealkylation sites (tertiary alicyclic amines) is 1. The molecule has 0 aromatic rings. The first-order valence-electron chi connectivity index (χ1n) is 22.1. The standard InChI is InChI=1S/C30H55N5O3.C6H13F2N.C4H9N.C3H4O2.C2H6.CH3F/c1-11-14-21(12-2)23(15-26(38)35-18-22-27(30(22,9)10)28(35)19(4)36)33-17-25(37)34-24(29(6,7)8)16-32-20(5)31-13-3;1-5(9-2)3-4-6(7)8;1-3-4-5-2;1-3(5)2-4;2*1-2/h21-24,27-28,31-33H,5,11-18H2,1-4,6-10H3,(H,34,37);5-6,9H,3-4H2,1-2H3;3,5H,1,4H2,2H3;2H,1H3;1-2H3;1H3. The number of aldehydes is 1. The molecule has 2 fully saturated rings. The van der Waals surface area contributed by atoms with Gasteiger partial charge in [-0.3, -0.25) is 28.4 Å². The molecule has 12 nitrogen and oxygen atoms in total. The Hall–Kier alpha value is -3.30. The molecule has 6 N–H and O–H groups in total. The van der Waals surface area contributed by atoms with E-state index in [0.29, 0.717) is 39.0 Å². The second kappa shape index (κ2) is 36.2. The summed E-state index contributed by atoms with van der Waals surface area (Å²) in [5.74, 6) is 1.29. The second-order valence-electron chi connectivity index (χ2n) is 16.8. The average molecular weight is 878 g/mol. The van der Waals surface area contributed by atoms with Crippen LogP contribution in [0.4, 0.5) is 13.2 Å². The quantitative estimate of drug-likeness (QED) is 0.0364. The Morgan fingerprint density at radius 2 is 1.52 bits per heavy atom. The molecule has 1 aliphatic carbocycles. The monoisotopic (exact) mass is 878 g/mol. The fourth-order valence-corrected chi connectivity index (χ4v) is 6.99. The van der Waals surface area contributed by atoms with Crippen molar-refractivity contribution in [1.82, 2.24) is 36.8 Å². The van der Waals surface area contributed by atoms with E-state index in [-0.39, 0.29) is 83.7 Å². The third kappa shape index (κ3) is 28.1. The minimum atomic E-state index is -2.15. The lowest BCUT2D eigenvalue weighted by Gasteiger charge is -2.34. The van der Waals surface area contributed by atoms with Gasteiger partial charge < -0.3 is 36.8 Å². The number of fused-ring (bicyclic) bond motifs is 1. The van der Waals surface area contributed by atoms with Crippen LogP contribution in [0.5, 0.6) is 0 Å². The highest BCUT2D eigenvalue weighted by molar-refractivity contribution is 6.23. The van der Waals surface area contributed by atoms with Crippen LogP contribution in [-0.2, 0) is 24.0 Å². The maximum absolute atomic E-state index is 13.5. The lowest BCUT2D eigenvalue weighted by Crippen LogP contribution is -2.53. The zero-order valence-corrected chi connectivity index (χ0v) is 41.1. The van der Waals surface area contributed by atoms with Gasteiger partial charge in [0.25, 0.3) is 0 Å². The average Bonchev–Trinajstić information content (AvgIpc) is 3.50. The van der Waals surface area contributed by atoms with Gasteiger partial charge in [0.2, 0.25) is 18.2 Å². The van der Waals surface area contributed by atoms with Gasteiger partial charge >= 0.3 is 0 Å². The molecule has 1 heterocycles. The van der Waals surface area contributed by atoms with Crippen molar-refractivity contribution in [3.63, 3.8) is 0 Å². The molecule has 1 saturated heterocycles. The molecule has 0 aromatic carbocycles. The van der Waals surface area contributed by atoms with E-state index >= 15 is 0 Å². The Morgan fingerprint density at radius 3 is 1.90 bits per heavy atom. The molecule has 61 heavy (non-hydrogen) atoms. The number of rotatable bonds is 23. The van der Waals surface area contributed by atoms with Crippen molar-refractivity contribution in [1.29, 1.82) is 0 Å². The van der Waals surface area contributed by atoms with Gasteiger partial charge in [-0.1, -0.05) is 87.8 Å². The number of amides is 2. The van der Waals surface area contributed by atoms with E-state index < -0.39 is 12.2 Å². The van der Waals surface area contributed by atoms with Gasteiger partial charge in [0, 0.05) is 58.0 Å². The highest BCUT2D eigenvalue weighted by atomic mass is 19.3. The summed E-state index contributed by atoms with van der Waals surface area (Å²) in [7, 11) is 4.16. The fourth-order valence-electron chi connectivity index (χ4n) is 6.99. The highest BCUT2D eigenvalue weighted by Crippen LogP contribution is 2.65. The van der Waals surface area contributed by atoms with Crippen LogP contribution in [0.2, 0.25) is 0 Å². The number of nitrogens with zero attached hydrogens (tertiary/aromatic N) is 1. The number of hydrogen-bond acceptors (Lipinski definition) is 10. The second-order valence-corrected chi connectivity index (χ2v) is 16.8. The van der Waals surface area contributed by atoms with Crippen LogP contribution < -0.4 is 31.9 Å². The Morgan fingerprint density at radius 1 is 0.967 bits per heavy atom. The summed E-state index contributed by atoms with van der Waals surface area (Å²) in [5, 5.41) is 18.8. The molecule has 2 rings (SSSR count). The van der Waals surface area contributed by atoms with Crippen LogP contribution in [0.25, 0.3) is 0 Å². The van der Waals surface area contributed by atoms with Gasteiger partial charge in [0.1, 0.15) is 0 Å². The van der Waals surface area contributed by atoms with Crippen molar-refractivity contribution in [2.45, 2.75) is 159 Å². The third-order valence-corrected chi connectivity index (χ3v) is 10.7. The number of halogens is 3. The number of carbonyl (C=O) groups is 5. The van der Waals surface area contributed by atoms with Crippen molar-refractivity contribution in [3.8, 4) is 0 Å². The number of piperidine rings is 1. The summed E-state index contributed by atoms with van der Waals surface area (Å²) < 4.78 is 32.5. The van der Waals surface area contributed by atoms with Crippen LogP contribution in [0.1, 0.15) is 129 Å². The van der Waals surface area contributed by atoms with E-state index in [1.807, 2.05) is 45.7 Å². The van der Waals surface area contributed by atoms with E-state index in [1.165, 1.54) is 6.92 Å². The zero-order valence-electron chi connectivity index (χ0n) is 41.1. The molecule has 0 spiro atoms. The number of alkyl halides is 3. The molecule has 0 radical (unpaired) electrons. The molecule has 15 heteroatoms. The zero-order chi connectivity index (χ0) is 48.5. The maximum Gasteiger partial charge on any atom is 0.238 e. The summed E-state index contributed by atoms with van der Waals surface area (Å²) in [4.78, 5) is 59.6. The van der Waals surface area contributed by atoms with Crippen LogP contribution in [0, 0.1) is 28.6 Å². The fraction of sp³-hybridized carbons (Fsp3) is 0.804. The van der Waals surface area contributed by atoms with E-state index in [2.05, 4.69) is 93.5 Å². The van der Waals surface area contributed by atoms with Crippen LogP contribution in [-0.4, -0.2) is 119 Å². The molecular weight excluding hydrogens is 788 g/mol. The Labute approximate surface area is 369 Å². The molecule has 0 aromatic heterocycles. The molecule has 360 valence electrons. The van der Waals surface area contributed by atoms with Gasteiger partial charge in [-0.2, -0.15) is 0 Å². The molecule has 2 amide bonds. The van der Waals surface area contributed by atoms with Crippen LogP contribution in [0.15, 0.2) is 25.1 Å². The molecule has 1 aliphatic heterocycles. The van der Waals surface area contributed by atoms with E-state index in [0.717, 1.165) is 38.2 Å². The molecule has 7 unspecified atom stereocenters. The topological polar surface area (TPSA) is 161 Å². The van der Waals surface area contributed by atoms with Gasteiger partial charge in [0.15, 0.2) is 17.9 Å². The SMILES string of the molecule is C=C(NCC)NCC(NC(=O)CNC(CC(=O)N1CC2C(C1C(C)=O)C2(C)C)C(CC)CCC)C(C)(C)C.C=CCNC.CC.CC(=O)C=O.CF.CNC(C)CCC(F)F. The molecule has 0 bridgehead atoms. The largest absolute Gasteiger partial charge is 0.373 e. The number of nitrogens with one attached hydrogen (secondary N) is 6. The normalized spacial score (nSPS) is 18.5. The van der Waals surface area contributed by atoms with Crippen molar-refractivity contribution in [2.75, 3.05) is 54.0 Å². The maximum atomic E-state index is 13.5. The predicted octanol–water partition coefficient (Wildman–Crippen LogP) is 6.85. The number of carbonyl (C=O) groups excluding carboxylic acids is 5. The molecule has 2 aliphatic rings.